The van der Waals surface area contributed by atoms with E-state index >= 15 is 0 Å². The monoisotopic (exact) mass is 316 g/mol. The number of piperidine rings is 1. The minimum Gasteiger partial charge on any atom is -0.338 e. The van der Waals surface area contributed by atoms with Gasteiger partial charge in [0.2, 0.25) is 0 Å². The third kappa shape index (κ3) is 3.99. The summed E-state index contributed by atoms with van der Waals surface area (Å²) in [7, 11) is 0. The highest BCUT2D eigenvalue weighted by atomic mass is 32.1. The first-order valence-corrected chi connectivity index (χ1v) is 7.38. The van der Waals surface area contributed by atoms with E-state index in [0.717, 1.165) is 4.88 Å². The summed E-state index contributed by atoms with van der Waals surface area (Å²) in [5, 5.41) is 0. The van der Waals surface area contributed by atoms with Gasteiger partial charge >= 0.3 is 6.18 Å². The number of hydrogen-bond donors (Lipinski definition) is 1. The number of amides is 1. The molecule has 0 aromatic carbocycles. The second kappa shape index (κ2) is 6.50. The third-order valence-electron chi connectivity index (χ3n) is 3.38. The summed E-state index contributed by atoms with van der Waals surface area (Å²) in [5.74, 6) is 4.01. The van der Waals surface area contributed by atoms with E-state index < -0.39 is 12.1 Å². The minimum absolute atomic E-state index is 0.0273. The molecule has 2 N–H and O–H groups in total. The molecule has 2 rings (SSSR count). The zero-order valence-electron chi connectivity index (χ0n) is 11.2. The Hall–Kier alpha value is -1.52. The van der Waals surface area contributed by atoms with Gasteiger partial charge in [0.25, 0.3) is 5.91 Å². The summed E-state index contributed by atoms with van der Waals surface area (Å²) in [6.07, 6.45) is -4.22. The molecule has 0 aliphatic carbocycles. The maximum atomic E-state index is 12.6. The van der Waals surface area contributed by atoms with Gasteiger partial charge in [-0.1, -0.05) is 11.8 Å². The van der Waals surface area contributed by atoms with Gasteiger partial charge in [-0.25, -0.2) is 0 Å². The highest BCUT2D eigenvalue weighted by Crippen LogP contribution is 2.34. The van der Waals surface area contributed by atoms with Crippen LogP contribution in [-0.4, -0.2) is 36.6 Å². The molecule has 1 fully saturated rings. The van der Waals surface area contributed by atoms with Gasteiger partial charge in [0.05, 0.1) is 22.2 Å². The average Bonchev–Trinajstić information content (AvgIpc) is 2.92. The Morgan fingerprint density at radius 2 is 2.05 bits per heavy atom. The van der Waals surface area contributed by atoms with E-state index in [4.69, 9.17) is 5.73 Å². The van der Waals surface area contributed by atoms with Crippen molar-refractivity contribution in [1.29, 1.82) is 0 Å². The van der Waals surface area contributed by atoms with Gasteiger partial charge in [-0.3, -0.25) is 4.79 Å². The predicted octanol–water partition coefficient (Wildman–Crippen LogP) is 2.47. The van der Waals surface area contributed by atoms with Crippen LogP contribution in [0.1, 0.15) is 27.4 Å². The minimum atomic E-state index is -4.16. The summed E-state index contributed by atoms with van der Waals surface area (Å²) >= 11 is 1.24. The van der Waals surface area contributed by atoms with Crippen molar-refractivity contribution in [3.05, 3.63) is 21.9 Å². The van der Waals surface area contributed by atoms with Crippen molar-refractivity contribution in [2.45, 2.75) is 19.0 Å². The number of nitrogens with zero attached hydrogens (tertiary/aromatic N) is 1. The Morgan fingerprint density at radius 3 is 2.62 bits per heavy atom. The molecule has 21 heavy (non-hydrogen) atoms. The Bertz CT molecular complexity index is 563. The van der Waals surface area contributed by atoms with Crippen LogP contribution >= 0.6 is 11.3 Å². The van der Waals surface area contributed by atoms with E-state index in [0.29, 0.717) is 4.88 Å². The lowest BCUT2D eigenvalue weighted by atomic mass is 9.96. The van der Waals surface area contributed by atoms with Gasteiger partial charge in [-0.2, -0.15) is 13.2 Å². The fraction of sp³-hybridized carbons (Fsp3) is 0.500. The maximum Gasteiger partial charge on any atom is 0.391 e. The number of rotatable bonds is 1. The van der Waals surface area contributed by atoms with Crippen molar-refractivity contribution in [3.8, 4) is 11.8 Å². The molecule has 1 aromatic rings. The van der Waals surface area contributed by atoms with E-state index in [-0.39, 0.29) is 38.4 Å². The van der Waals surface area contributed by atoms with Crippen LogP contribution in [0.25, 0.3) is 0 Å². The lowest BCUT2D eigenvalue weighted by molar-refractivity contribution is -0.183. The normalized spacial score (nSPS) is 16.5. The van der Waals surface area contributed by atoms with E-state index in [1.165, 1.54) is 16.2 Å². The van der Waals surface area contributed by atoms with E-state index in [1.807, 2.05) is 0 Å². The van der Waals surface area contributed by atoms with Gasteiger partial charge in [0, 0.05) is 13.1 Å². The average molecular weight is 316 g/mol. The second-order valence-electron chi connectivity index (χ2n) is 4.78. The first-order valence-electron chi connectivity index (χ1n) is 6.56. The number of hydrogen-bond acceptors (Lipinski definition) is 3. The van der Waals surface area contributed by atoms with Crippen molar-refractivity contribution in [3.63, 3.8) is 0 Å². The quantitative estimate of drug-likeness (QED) is 0.809. The van der Waals surface area contributed by atoms with Crippen LogP contribution in [0.3, 0.4) is 0 Å². The SMILES string of the molecule is NCC#Cc1ccc(C(=O)N2CCC(C(F)(F)F)CC2)s1. The number of carbonyl (C=O) groups excluding carboxylic acids is 1. The highest BCUT2D eigenvalue weighted by molar-refractivity contribution is 7.14. The molecule has 0 atom stereocenters. The fourth-order valence-corrected chi connectivity index (χ4v) is 3.07. The molecule has 1 aliphatic heterocycles. The number of nitrogens with two attached hydrogens (primary N) is 1. The van der Waals surface area contributed by atoms with Crippen LogP contribution in [0.4, 0.5) is 13.2 Å². The van der Waals surface area contributed by atoms with Crippen LogP contribution in [-0.2, 0) is 0 Å². The van der Waals surface area contributed by atoms with Crippen LogP contribution in [0.5, 0.6) is 0 Å². The van der Waals surface area contributed by atoms with E-state index in [1.54, 1.807) is 12.1 Å². The molecule has 114 valence electrons. The number of carbonyl (C=O) groups is 1. The molecule has 3 nitrogen and oxygen atoms in total. The predicted molar refractivity (Wildman–Crippen MR) is 74.9 cm³/mol. The number of thiophene rings is 1. The molecule has 1 saturated heterocycles. The molecule has 0 spiro atoms. The first kappa shape index (κ1) is 15.9. The fourth-order valence-electron chi connectivity index (χ4n) is 2.22. The van der Waals surface area contributed by atoms with Gasteiger partial charge in [-0.05, 0) is 25.0 Å². The zero-order valence-corrected chi connectivity index (χ0v) is 12.1. The zero-order chi connectivity index (χ0) is 15.5. The Labute approximate surface area is 124 Å². The number of likely N-dealkylation sites (tertiary alicyclic amines) is 1. The molecular weight excluding hydrogens is 301 g/mol. The van der Waals surface area contributed by atoms with Crippen LogP contribution < -0.4 is 5.73 Å². The van der Waals surface area contributed by atoms with Crippen molar-refractivity contribution in [2.24, 2.45) is 11.7 Å². The van der Waals surface area contributed by atoms with Gasteiger partial charge in [0.1, 0.15) is 0 Å². The first-order chi connectivity index (χ1) is 9.91. The summed E-state index contributed by atoms with van der Waals surface area (Å²) in [4.78, 5) is 14.9. The van der Waals surface area contributed by atoms with Gasteiger partial charge in [0.15, 0.2) is 0 Å². The topological polar surface area (TPSA) is 46.3 Å². The summed E-state index contributed by atoms with van der Waals surface area (Å²) < 4.78 is 37.8. The van der Waals surface area contributed by atoms with Crippen molar-refractivity contribution < 1.29 is 18.0 Å². The molecule has 0 unspecified atom stereocenters. The Kier molecular flexibility index (Phi) is 4.91. The molecule has 0 radical (unpaired) electrons. The third-order valence-corrected chi connectivity index (χ3v) is 4.36. The Morgan fingerprint density at radius 1 is 1.38 bits per heavy atom. The molecule has 1 aromatic heterocycles. The molecule has 0 saturated carbocycles. The van der Waals surface area contributed by atoms with Crippen LogP contribution in [0.15, 0.2) is 12.1 Å². The Balaban J connectivity index is 1.97. The number of alkyl halides is 3. The van der Waals surface area contributed by atoms with Crippen molar-refractivity contribution in [2.75, 3.05) is 19.6 Å². The lowest BCUT2D eigenvalue weighted by Crippen LogP contribution is -2.41. The molecule has 2 heterocycles. The second-order valence-corrected chi connectivity index (χ2v) is 5.86. The van der Waals surface area contributed by atoms with E-state index in [2.05, 4.69) is 11.8 Å². The standard InChI is InChI=1S/C14H15F3N2OS/c15-14(16,17)10-5-8-19(9-6-10)13(20)12-4-3-11(21-12)2-1-7-18/h3-4,10H,5-9,18H2. The van der Waals surface area contributed by atoms with Crippen molar-refractivity contribution in [1.82, 2.24) is 4.90 Å². The summed E-state index contributed by atoms with van der Waals surface area (Å²) in [5.41, 5.74) is 5.27. The summed E-state index contributed by atoms with van der Waals surface area (Å²) in [6, 6.07) is 3.38. The molecule has 1 amide bonds. The van der Waals surface area contributed by atoms with Crippen LogP contribution in [0.2, 0.25) is 0 Å². The summed E-state index contributed by atoms with van der Waals surface area (Å²) in [6.45, 7) is 0.529. The van der Waals surface area contributed by atoms with Gasteiger partial charge < -0.3 is 10.6 Å². The maximum absolute atomic E-state index is 12.6. The molecule has 7 heteroatoms. The lowest BCUT2D eigenvalue weighted by Gasteiger charge is -2.32. The number of halogens is 3. The largest absolute Gasteiger partial charge is 0.391 e. The van der Waals surface area contributed by atoms with Crippen molar-refractivity contribution >= 4 is 17.2 Å². The molecule has 1 aliphatic rings. The van der Waals surface area contributed by atoms with Crippen LogP contribution in [0, 0.1) is 17.8 Å². The van der Waals surface area contributed by atoms with Gasteiger partial charge in [-0.15, -0.1) is 11.3 Å². The smallest absolute Gasteiger partial charge is 0.338 e. The molecule has 0 bridgehead atoms. The molecular formula is C14H15F3N2OS. The highest BCUT2D eigenvalue weighted by Gasteiger charge is 2.41. The van der Waals surface area contributed by atoms with E-state index in [9.17, 15) is 18.0 Å².